The molecule has 1 aliphatic rings. The summed E-state index contributed by atoms with van der Waals surface area (Å²) in [6, 6.07) is 0.161. The molecule has 2 atom stereocenters. The van der Waals surface area contributed by atoms with Crippen LogP contribution in [0.15, 0.2) is 0 Å². The SMILES string of the molecule is [C-]#[N+]CC1CCCC1[N+]#[C-]. The summed E-state index contributed by atoms with van der Waals surface area (Å²) in [7, 11) is 0. The highest BCUT2D eigenvalue weighted by molar-refractivity contribution is 4.93. The highest BCUT2D eigenvalue weighted by atomic mass is 14.8. The van der Waals surface area contributed by atoms with E-state index in [0.717, 1.165) is 19.3 Å². The molecule has 0 bridgehead atoms. The standard InChI is InChI=1S/C8H10N2/c1-9-6-7-4-3-5-8(7)10-2/h7-8H,3-6H2. The van der Waals surface area contributed by atoms with Crippen molar-refractivity contribution in [2.75, 3.05) is 6.54 Å². The van der Waals surface area contributed by atoms with Crippen molar-refractivity contribution in [3.05, 3.63) is 22.8 Å². The Kier molecular flexibility index (Phi) is 2.29. The van der Waals surface area contributed by atoms with E-state index >= 15 is 0 Å². The topological polar surface area (TPSA) is 8.72 Å². The Morgan fingerprint density at radius 2 is 2.10 bits per heavy atom. The zero-order valence-electron chi connectivity index (χ0n) is 5.88. The molecule has 2 unspecified atom stereocenters. The Bertz CT molecular complexity index is 184. The molecule has 0 radical (unpaired) electrons. The van der Waals surface area contributed by atoms with Crippen LogP contribution in [0.5, 0.6) is 0 Å². The van der Waals surface area contributed by atoms with E-state index in [1.807, 2.05) is 0 Å². The Morgan fingerprint density at radius 1 is 1.30 bits per heavy atom. The molecule has 1 saturated carbocycles. The van der Waals surface area contributed by atoms with Crippen molar-refractivity contribution >= 4 is 0 Å². The van der Waals surface area contributed by atoms with Crippen LogP contribution in [-0.2, 0) is 0 Å². The van der Waals surface area contributed by atoms with Crippen LogP contribution < -0.4 is 0 Å². The van der Waals surface area contributed by atoms with Crippen molar-refractivity contribution in [2.45, 2.75) is 25.3 Å². The Labute approximate surface area is 61.5 Å². The van der Waals surface area contributed by atoms with Crippen LogP contribution >= 0.6 is 0 Å². The van der Waals surface area contributed by atoms with Gasteiger partial charge in [-0.1, -0.05) is 0 Å². The van der Waals surface area contributed by atoms with Crippen LogP contribution in [-0.4, -0.2) is 12.6 Å². The molecule has 0 spiro atoms. The predicted molar refractivity (Wildman–Crippen MR) is 39.2 cm³/mol. The fraction of sp³-hybridized carbons (Fsp3) is 0.750. The van der Waals surface area contributed by atoms with Crippen LogP contribution in [0.2, 0.25) is 0 Å². The van der Waals surface area contributed by atoms with E-state index in [1.165, 1.54) is 0 Å². The third kappa shape index (κ3) is 1.28. The van der Waals surface area contributed by atoms with E-state index in [0.29, 0.717) is 12.5 Å². The van der Waals surface area contributed by atoms with Gasteiger partial charge in [0.05, 0.1) is 0 Å². The van der Waals surface area contributed by atoms with E-state index in [2.05, 4.69) is 9.69 Å². The summed E-state index contributed by atoms with van der Waals surface area (Å²) in [5, 5.41) is 0. The summed E-state index contributed by atoms with van der Waals surface area (Å²) >= 11 is 0. The molecular formula is C8H10N2. The zero-order valence-corrected chi connectivity index (χ0v) is 5.88. The summed E-state index contributed by atoms with van der Waals surface area (Å²) in [4.78, 5) is 6.82. The van der Waals surface area contributed by atoms with Crippen LogP contribution in [0.3, 0.4) is 0 Å². The molecule has 1 fully saturated rings. The van der Waals surface area contributed by atoms with Gasteiger partial charge < -0.3 is 9.69 Å². The van der Waals surface area contributed by atoms with Gasteiger partial charge in [-0.2, -0.15) is 0 Å². The first kappa shape index (κ1) is 7.09. The quantitative estimate of drug-likeness (QED) is 0.485. The lowest BCUT2D eigenvalue weighted by Crippen LogP contribution is -2.11. The molecule has 2 nitrogen and oxygen atoms in total. The minimum Gasteiger partial charge on any atom is -0.316 e. The van der Waals surface area contributed by atoms with Crippen molar-refractivity contribution in [1.82, 2.24) is 0 Å². The van der Waals surface area contributed by atoms with Crippen LogP contribution in [0, 0.1) is 19.1 Å². The van der Waals surface area contributed by atoms with Crippen LogP contribution in [0.25, 0.3) is 9.69 Å². The Balaban J connectivity index is 2.46. The van der Waals surface area contributed by atoms with E-state index < -0.39 is 0 Å². The lowest BCUT2D eigenvalue weighted by molar-refractivity contribution is 0.565. The zero-order chi connectivity index (χ0) is 7.40. The third-order valence-electron chi connectivity index (χ3n) is 2.11. The van der Waals surface area contributed by atoms with Crippen molar-refractivity contribution in [2.24, 2.45) is 5.92 Å². The maximum absolute atomic E-state index is 6.83. The van der Waals surface area contributed by atoms with Crippen LogP contribution in [0.4, 0.5) is 0 Å². The number of nitrogens with zero attached hydrogens (tertiary/aromatic N) is 2. The number of hydrogen-bond donors (Lipinski definition) is 0. The van der Waals surface area contributed by atoms with Gasteiger partial charge in [-0.25, -0.2) is 13.1 Å². The molecule has 0 N–H and O–H groups in total. The van der Waals surface area contributed by atoms with Gasteiger partial charge in [-0.15, -0.1) is 0 Å². The molecule has 0 heterocycles. The molecule has 52 valence electrons. The summed E-state index contributed by atoms with van der Waals surface area (Å²) < 4.78 is 0. The second kappa shape index (κ2) is 3.22. The lowest BCUT2D eigenvalue weighted by atomic mass is 10.1. The van der Waals surface area contributed by atoms with Crippen molar-refractivity contribution in [3.8, 4) is 0 Å². The maximum atomic E-state index is 6.83. The smallest absolute Gasteiger partial charge is 0.233 e. The predicted octanol–water partition coefficient (Wildman–Crippen LogP) is 1.99. The Hall–Kier alpha value is -1.02. The summed E-state index contributed by atoms with van der Waals surface area (Å²) in [6.07, 6.45) is 3.26. The molecule has 0 saturated heterocycles. The lowest BCUT2D eigenvalue weighted by Gasteiger charge is -1.99. The minimum absolute atomic E-state index is 0.161. The van der Waals surface area contributed by atoms with Gasteiger partial charge in [-0.3, -0.25) is 0 Å². The van der Waals surface area contributed by atoms with Crippen molar-refractivity contribution in [3.63, 3.8) is 0 Å². The van der Waals surface area contributed by atoms with Gasteiger partial charge in [0.25, 0.3) is 0 Å². The first-order chi connectivity index (χ1) is 4.88. The largest absolute Gasteiger partial charge is 0.316 e. The third-order valence-corrected chi connectivity index (χ3v) is 2.11. The van der Waals surface area contributed by atoms with Crippen molar-refractivity contribution < 1.29 is 0 Å². The molecule has 10 heavy (non-hydrogen) atoms. The molecule has 0 aromatic rings. The molecule has 0 aliphatic heterocycles. The van der Waals surface area contributed by atoms with Gasteiger partial charge in [0.2, 0.25) is 12.6 Å². The van der Waals surface area contributed by atoms with Crippen molar-refractivity contribution in [1.29, 1.82) is 0 Å². The molecule has 2 heteroatoms. The monoisotopic (exact) mass is 134 g/mol. The fourth-order valence-electron chi connectivity index (χ4n) is 1.52. The first-order valence-corrected chi connectivity index (χ1v) is 3.58. The first-order valence-electron chi connectivity index (χ1n) is 3.58. The molecule has 0 aromatic heterocycles. The highest BCUT2D eigenvalue weighted by Gasteiger charge is 2.33. The van der Waals surface area contributed by atoms with Gasteiger partial charge in [-0.05, 0) is 12.8 Å². The van der Waals surface area contributed by atoms with Gasteiger partial charge in [0, 0.05) is 6.42 Å². The van der Waals surface area contributed by atoms with E-state index in [9.17, 15) is 0 Å². The van der Waals surface area contributed by atoms with E-state index in [4.69, 9.17) is 13.1 Å². The Morgan fingerprint density at radius 3 is 2.70 bits per heavy atom. The molecule has 0 aromatic carbocycles. The van der Waals surface area contributed by atoms with E-state index in [1.54, 1.807) is 0 Å². The summed E-state index contributed by atoms with van der Waals surface area (Å²) in [5.74, 6) is 0.384. The van der Waals surface area contributed by atoms with Gasteiger partial charge in [0.1, 0.15) is 5.92 Å². The average molecular weight is 134 g/mol. The van der Waals surface area contributed by atoms with Gasteiger partial charge >= 0.3 is 0 Å². The van der Waals surface area contributed by atoms with Gasteiger partial charge in [0.15, 0.2) is 0 Å². The molecule has 1 aliphatic carbocycles. The highest BCUT2D eigenvalue weighted by Crippen LogP contribution is 2.28. The minimum atomic E-state index is 0.161. The summed E-state index contributed by atoms with van der Waals surface area (Å²) in [5.41, 5.74) is 0. The molecule has 0 amide bonds. The normalized spacial score (nSPS) is 31.0. The van der Waals surface area contributed by atoms with Crippen LogP contribution in [0.1, 0.15) is 19.3 Å². The fourth-order valence-corrected chi connectivity index (χ4v) is 1.52. The second-order valence-corrected chi connectivity index (χ2v) is 2.73. The van der Waals surface area contributed by atoms with E-state index in [-0.39, 0.29) is 6.04 Å². The average Bonchev–Trinajstić information content (AvgIpc) is 2.36. The second-order valence-electron chi connectivity index (χ2n) is 2.73. The maximum Gasteiger partial charge on any atom is 0.233 e. The molecule has 1 rings (SSSR count). The number of hydrogen-bond acceptors (Lipinski definition) is 0. The summed E-state index contributed by atoms with van der Waals surface area (Å²) in [6.45, 7) is 14.0. The molecular weight excluding hydrogens is 124 g/mol. The number of rotatable bonds is 1.